The average Bonchev–Trinajstić information content (AvgIpc) is 2.98. The van der Waals surface area contributed by atoms with Gasteiger partial charge in [-0.3, -0.25) is 4.79 Å². The van der Waals surface area contributed by atoms with Crippen LogP contribution in [0.5, 0.6) is 0 Å². The predicted octanol–water partition coefficient (Wildman–Crippen LogP) is 4.33. The quantitative estimate of drug-likeness (QED) is 0.626. The van der Waals surface area contributed by atoms with Gasteiger partial charge in [-0.1, -0.05) is 41.6 Å². The summed E-state index contributed by atoms with van der Waals surface area (Å²) in [6, 6.07) is 13.0. The molecule has 0 spiro atoms. The number of halogens is 1. The fourth-order valence-corrected chi connectivity index (χ4v) is 4.02. The molecular weight excluding hydrogens is 364 g/mol. The monoisotopic (exact) mass is 376 g/mol. The lowest BCUT2D eigenvalue weighted by atomic mass is 10.2. The van der Waals surface area contributed by atoms with Crippen LogP contribution in [-0.4, -0.2) is 15.3 Å². The average molecular weight is 377 g/mol. The Balaban J connectivity index is 1.78. The molecular formula is C16H13ClN4OS2. The Labute approximate surface area is 152 Å². The lowest BCUT2D eigenvalue weighted by Crippen LogP contribution is -2.13. The number of nitrogens with two attached hydrogens (primary N) is 1. The molecule has 3 rings (SSSR count). The molecule has 0 saturated carbocycles. The van der Waals surface area contributed by atoms with Crippen molar-refractivity contribution in [3.05, 3.63) is 64.8 Å². The van der Waals surface area contributed by atoms with Crippen LogP contribution in [0.3, 0.4) is 0 Å². The highest BCUT2D eigenvalue weighted by atomic mass is 35.5. The molecule has 1 amide bonds. The number of primary amides is 1. The Morgan fingerprint density at radius 3 is 2.71 bits per heavy atom. The van der Waals surface area contributed by atoms with Gasteiger partial charge in [-0.2, -0.15) is 4.37 Å². The van der Waals surface area contributed by atoms with Crippen LogP contribution in [0.1, 0.15) is 15.9 Å². The number of hydrogen-bond donors (Lipinski definition) is 2. The number of anilines is 2. The van der Waals surface area contributed by atoms with Crippen LogP contribution in [0.4, 0.5) is 10.8 Å². The van der Waals surface area contributed by atoms with Crippen molar-refractivity contribution in [1.82, 2.24) is 9.36 Å². The number of carbonyl (C=O) groups is 1. The number of carbonyl (C=O) groups excluding carboxylic acids is 1. The van der Waals surface area contributed by atoms with Gasteiger partial charge in [-0.15, -0.1) is 0 Å². The number of thioether (sulfide) groups is 1. The molecule has 3 N–H and O–H groups in total. The van der Waals surface area contributed by atoms with Crippen LogP contribution in [0, 0.1) is 0 Å². The molecule has 0 bridgehead atoms. The first-order valence-electron chi connectivity index (χ1n) is 6.98. The molecule has 2 aromatic heterocycles. The van der Waals surface area contributed by atoms with Crippen molar-refractivity contribution < 1.29 is 4.79 Å². The molecule has 0 saturated heterocycles. The van der Waals surface area contributed by atoms with E-state index in [1.165, 1.54) is 23.3 Å². The van der Waals surface area contributed by atoms with Crippen molar-refractivity contribution in [3.63, 3.8) is 0 Å². The maximum absolute atomic E-state index is 11.8. The van der Waals surface area contributed by atoms with E-state index in [0.29, 0.717) is 32.2 Å². The Kier molecular flexibility index (Phi) is 5.34. The van der Waals surface area contributed by atoms with Gasteiger partial charge in [0, 0.05) is 17.0 Å². The minimum Gasteiger partial charge on any atom is -0.365 e. The van der Waals surface area contributed by atoms with E-state index in [2.05, 4.69) is 14.7 Å². The number of pyridine rings is 1. The number of amides is 1. The zero-order valence-corrected chi connectivity index (χ0v) is 14.8. The van der Waals surface area contributed by atoms with Gasteiger partial charge >= 0.3 is 0 Å². The molecule has 0 unspecified atom stereocenters. The molecule has 0 aliphatic rings. The molecule has 0 aliphatic heterocycles. The first-order valence-corrected chi connectivity index (χ1v) is 9.12. The molecule has 2 heterocycles. The number of nitrogens with zero attached hydrogens (tertiary/aromatic N) is 2. The van der Waals surface area contributed by atoms with E-state index in [0.717, 1.165) is 5.56 Å². The summed E-state index contributed by atoms with van der Waals surface area (Å²) in [5.74, 6) is 0.795. The van der Waals surface area contributed by atoms with Gasteiger partial charge in [0.05, 0.1) is 0 Å². The van der Waals surface area contributed by atoms with Gasteiger partial charge < -0.3 is 11.1 Å². The first-order chi connectivity index (χ1) is 11.6. The topological polar surface area (TPSA) is 80.9 Å². The van der Waals surface area contributed by atoms with E-state index in [-0.39, 0.29) is 0 Å². The Morgan fingerprint density at radius 2 is 2.04 bits per heavy atom. The Hall–Kier alpha value is -2.09. The Morgan fingerprint density at radius 1 is 1.25 bits per heavy atom. The van der Waals surface area contributed by atoms with Gasteiger partial charge in [-0.05, 0) is 41.4 Å². The summed E-state index contributed by atoms with van der Waals surface area (Å²) in [6.07, 6.45) is 1.67. The van der Waals surface area contributed by atoms with Crippen LogP contribution in [0.15, 0.2) is 53.7 Å². The van der Waals surface area contributed by atoms with Gasteiger partial charge in [0.1, 0.15) is 21.4 Å². The molecule has 0 radical (unpaired) electrons. The summed E-state index contributed by atoms with van der Waals surface area (Å²) >= 11 is 8.54. The number of hydrogen-bond acceptors (Lipinski definition) is 6. The first kappa shape index (κ1) is 16.8. The van der Waals surface area contributed by atoms with Crippen molar-refractivity contribution >= 4 is 51.6 Å². The summed E-state index contributed by atoms with van der Waals surface area (Å²) in [5, 5.41) is 4.99. The maximum atomic E-state index is 11.8. The lowest BCUT2D eigenvalue weighted by molar-refractivity contribution is 0.0998. The third-order valence-corrected chi connectivity index (χ3v) is 5.28. The van der Waals surface area contributed by atoms with Gasteiger partial charge in [-0.25, -0.2) is 4.98 Å². The second kappa shape index (κ2) is 7.65. The van der Waals surface area contributed by atoms with Crippen molar-refractivity contribution in [2.45, 2.75) is 10.8 Å². The molecule has 0 atom stereocenters. The third-order valence-electron chi connectivity index (χ3n) is 3.10. The van der Waals surface area contributed by atoms with E-state index < -0.39 is 5.91 Å². The van der Waals surface area contributed by atoms with E-state index in [1.54, 1.807) is 6.20 Å². The van der Waals surface area contributed by atoms with Crippen LogP contribution in [0.2, 0.25) is 5.02 Å². The summed E-state index contributed by atoms with van der Waals surface area (Å²) in [6.45, 7) is 0. The van der Waals surface area contributed by atoms with Crippen LogP contribution in [-0.2, 0) is 5.75 Å². The number of aromatic nitrogens is 2. The minimum atomic E-state index is -0.513. The molecule has 5 nitrogen and oxygen atoms in total. The second-order valence-electron chi connectivity index (χ2n) is 4.81. The third kappa shape index (κ3) is 4.05. The lowest BCUT2D eigenvalue weighted by Gasteiger charge is -2.05. The molecule has 24 heavy (non-hydrogen) atoms. The van der Waals surface area contributed by atoms with E-state index >= 15 is 0 Å². The molecule has 0 fully saturated rings. The number of nitrogens with one attached hydrogen (secondary N) is 1. The summed E-state index contributed by atoms with van der Waals surface area (Å²) < 4.78 is 4.35. The Bertz CT molecular complexity index is 837. The van der Waals surface area contributed by atoms with Crippen molar-refractivity contribution in [1.29, 1.82) is 0 Å². The van der Waals surface area contributed by atoms with E-state index in [4.69, 9.17) is 17.3 Å². The standard InChI is InChI=1S/C16H13ClN4OS2/c17-11-6-4-10(5-7-11)9-23-16-13(14(18)22)15(24-21-16)20-12-3-1-2-8-19-12/h1-8H,9H2,(H2,18,22)(H,19,20). The zero-order valence-electron chi connectivity index (χ0n) is 12.4. The van der Waals surface area contributed by atoms with Crippen molar-refractivity contribution in [3.8, 4) is 0 Å². The normalized spacial score (nSPS) is 10.5. The van der Waals surface area contributed by atoms with E-state index in [1.807, 2.05) is 42.5 Å². The highest BCUT2D eigenvalue weighted by Gasteiger charge is 2.19. The van der Waals surface area contributed by atoms with Gasteiger partial charge in [0.15, 0.2) is 0 Å². The molecule has 0 aliphatic carbocycles. The summed E-state index contributed by atoms with van der Waals surface area (Å²) in [4.78, 5) is 16.0. The van der Waals surface area contributed by atoms with Gasteiger partial charge in [0.25, 0.3) is 5.91 Å². The minimum absolute atomic E-state index is 0.393. The number of rotatable bonds is 6. The molecule has 1 aromatic carbocycles. The second-order valence-corrected chi connectivity index (χ2v) is 6.99. The SMILES string of the molecule is NC(=O)c1c(SCc2ccc(Cl)cc2)nsc1Nc1ccccn1. The van der Waals surface area contributed by atoms with Crippen LogP contribution in [0.25, 0.3) is 0 Å². The maximum Gasteiger partial charge on any atom is 0.254 e. The van der Waals surface area contributed by atoms with Crippen molar-refractivity contribution in [2.75, 3.05) is 5.32 Å². The van der Waals surface area contributed by atoms with E-state index in [9.17, 15) is 4.79 Å². The van der Waals surface area contributed by atoms with Gasteiger partial charge in [0.2, 0.25) is 0 Å². The smallest absolute Gasteiger partial charge is 0.254 e. The largest absolute Gasteiger partial charge is 0.365 e. The summed E-state index contributed by atoms with van der Waals surface area (Å²) in [5.41, 5.74) is 7.02. The predicted molar refractivity (Wildman–Crippen MR) is 99.2 cm³/mol. The summed E-state index contributed by atoms with van der Waals surface area (Å²) in [7, 11) is 0. The van der Waals surface area contributed by atoms with Crippen LogP contribution < -0.4 is 11.1 Å². The highest BCUT2D eigenvalue weighted by Crippen LogP contribution is 2.34. The molecule has 122 valence electrons. The highest BCUT2D eigenvalue weighted by molar-refractivity contribution is 7.98. The number of benzene rings is 1. The molecule has 8 heteroatoms. The van der Waals surface area contributed by atoms with Crippen LogP contribution >= 0.6 is 34.9 Å². The zero-order chi connectivity index (χ0) is 16.9. The van der Waals surface area contributed by atoms with Crippen molar-refractivity contribution in [2.24, 2.45) is 5.73 Å². The fourth-order valence-electron chi connectivity index (χ4n) is 1.96. The fraction of sp³-hybridized carbons (Fsp3) is 0.0625. The molecule has 3 aromatic rings.